The van der Waals surface area contributed by atoms with Crippen LogP contribution in [-0.4, -0.2) is 34.3 Å². The smallest absolute Gasteiger partial charge is 0.129 e. The van der Waals surface area contributed by atoms with Crippen LogP contribution in [0.25, 0.3) is 11.3 Å². The molecule has 0 saturated carbocycles. The van der Waals surface area contributed by atoms with E-state index in [4.69, 9.17) is 4.74 Å². The quantitative estimate of drug-likeness (QED) is 0.499. The van der Waals surface area contributed by atoms with Crippen LogP contribution in [-0.2, 0) is 20.0 Å². The molecule has 7 nitrogen and oxygen atoms in total. The fraction of sp³-hybridized carbons (Fsp3) is 0.273. The normalized spacial score (nSPS) is 12.8. The molecule has 1 aliphatic heterocycles. The first-order valence-corrected chi connectivity index (χ1v) is 9.66. The summed E-state index contributed by atoms with van der Waals surface area (Å²) in [6.45, 7) is 8.20. The van der Waals surface area contributed by atoms with Crippen molar-refractivity contribution in [2.24, 2.45) is 17.3 Å². The summed E-state index contributed by atoms with van der Waals surface area (Å²) in [5.74, 6) is 1.16. The zero-order chi connectivity index (χ0) is 21.3. The Labute approximate surface area is 174 Å². The van der Waals surface area contributed by atoms with E-state index in [1.807, 2.05) is 27.0 Å². The van der Waals surface area contributed by atoms with Gasteiger partial charge in [0.15, 0.2) is 0 Å². The highest BCUT2D eigenvalue weighted by Gasteiger charge is 2.20. The minimum absolute atomic E-state index is 0.246. The fourth-order valence-electron chi connectivity index (χ4n) is 3.81. The number of aryl methyl sites for hydroxylation is 2. The van der Waals surface area contributed by atoms with Crippen molar-refractivity contribution in [2.75, 3.05) is 11.9 Å². The zero-order valence-electron chi connectivity index (χ0n) is 17.2. The monoisotopic (exact) mass is 406 g/mol. The van der Waals surface area contributed by atoms with E-state index in [1.54, 1.807) is 23.2 Å². The number of nitrogens with zero attached hydrogens (tertiary/aromatic N) is 5. The second-order valence-electron chi connectivity index (χ2n) is 7.19. The third kappa shape index (κ3) is 3.56. The number of hydrogen-bond acceptors (Lipinski definition) is 6. The van der Waals surface area contributed by atoms with Crippen LogP contribution in [0.2, 0.25) is 0 Å². The first-order valence-electron chi connectivity index (χ1n) is 9.66. The summed E-state index contributed by atoms with van der Waals surface area (Å²) in [6.07, 6.45) is 4.13. The summed E-state index contributed by atoms with van der Waals surface area (Å²) in [4.78, 5) is 4.60. The number of fused-ring (bicyclic) bond motifs is 1. The molecule has 0 fully saturated rings. The van der Waals surface area contributed by atoms with Crippen molar-refractivity contribution in [2.45, 2.75) is 26.8 Å². The molecule has 4 rings (SSSR count). The maximum atomic E-state index is 14.5. The van der Waals surface area contributed by atoms with Crippen molar-refractivity contribution in [3.63, 3.8) is 0 Å². The fourth-order valence-corrected chi connectivity index (χ4v) is 3.81. The van der Waals surface area contributed by atoms with E-state index in [-0.39, 0.29) is 5.82 Å². The van der Waals surface area contributed by atoms with Gasteiger partial charge in [-0.05, 0) is 32.0 Å². The standard InChI is InChI=1S/C22H23FN6O/c1-13-9-20(29(4)28-13)18-11-26-22(14(2)16(18)12-27-24-3)25-10-17-15-7-8-30-21(15)6-5-19(17)23/h5-6,9,11-12H,3,7-8,10H2,1-2,4H3,(H,25,26)/b27-12-. The predicted molar refractivity (Wildman–Crippen MR) is 116 cm³/mol. The van der Waals surface area contributed by atoms with Crippen LogP contribution in [0.15, 0.2) is 34.6 Å². The summed E-state index contributed by atoms with van der Waals surface area (Å²) >= 11 is 0. The maximum Gasteiger partial charge on any atom is 0.129 e. The molecular formula is C22H23FN6O. The lowest BCUT2D eigenvalue weighted by Crippen LogP contribution is -2.09. The molecule has 0 bridgehead atoms. The van der Waals surface area contributed by atoms with Gasteiger partial charge >= 0.3 is 0 Å². The Kier molecular flexibility index (Phi) is 5.31. The number of hydrogen-bond donors (Lipinski definition) is 1. The topological polar surface area (TPSA) is 76.7 Å². The first kappa shape index (κ1) is 19.8. The van der Waals surface area contributed by atoms with E-state index in [9.17, 15) is 4.39 Å². The lowest BCUT2D eigenvalue weighted by atomic mass is 10.0. The van der Waals surface area contributed by atoms with Gasteiger partial charge in [-0.3, -0.25) is 4.68 Å². The van der Waals surface area contributed by atoms with Gasteiger partial charge < -0.3 is 10.1 Å². The highest BCUT2D eigenvalue weighted by Crippen LogP contribution is 2.32. The van der Waals surface area contributed by atoms with E-state index in [1.165, 1.54) is 6.07 Å². The molecule has 1 aliphatic rings. The number of benzene rings is 1. The van der Waals surface area contributed by atoms with E-state index < -0.39 is 0 Å². The molecule has 0 unspecified atom stereocenters. The Bertz CT molecular complexity index is 1150. The number of anilines is 1. The average molecular weight is 406 g/mol. The number of pyridine rings is 1. The maximum absolute atomic E-state index is 14.5. The number of rotatable bonds is 6. The van der Waals surface area contributed by atoms with Gasteiger partial charge in [-0.25, -0.2) is 9.37 Å². The summed E-state index contributed by atoms with van der Waals surface area (Å²) in [7, 11) is 1.89. The Morgan fingerprint density at radius 3 is 2.93 bits per heavy atom. The molecule has 0 saturated heterocycles. The molecule has 0 amide bonds. The SMILES string of the molecule is C=N/N=C\c1c(-c2cc(C)nn2C)cnc(NCc2c(F)ccc3c2CCO3)c1C. The van der Waals surface area contributed by atoms with E-state index in [0.29, 0.717) is 31.0 Å². The predicted octanol–water partition coefficient (Wildman–Crippen LogP) is 3.82. The average Bonchev–Trinajstić information content (AvgIpc) is 3.32. The molecule has 30 heavy (non-hydrogen) atoms. The largest absolute Gasteiger partial charge is 0.493 e. The molecule has 0 radical (unpaired) electrons. The third-order valence-electron chi connectivity index (χ3n) is 5.29. The van der Waals surface area contributed by atoms with Gasteiger partial charge in [-0.2, -0.15) is 15.3 Å². The molecule has 1 N–H and O–H groups in total. The minimum atomic E-state index is -0.246. The number of ether oxygens (including phenoxy) is 1. The highest BCUT2D eigenvalue weighted by molar-refractivity contribution is 5.92. The lowest BCUT2D eigenvalue weighted by molar-refractivity contribution is 0.356. The Hall–Kier alpha value is -3.55. The molecule has 3 aromatic rings. The summed E-state index contributed by atoms with van der Waals surface area (Å²) < 4.78 is 21.8. The molecular weight excluding hydrogens is 383 g/mol. The zero-order valence-corrected chi connectivity index (χ0v) is 17.2. The first-order chi connectivity index (χ1) is 14.5. The summed E-state index contributed by atoms with van der Waals surface area (Å²) in [5, 5.41) is 15.3. The Morgan fingerprint density at radius 1 is 1.37 bits per heavy atom. The third-order valence-corrected chi connectivity index (χ3v) is 5.29. The van der Waals surface area contributed by atoms with Crippen LogP contribution in [0, 0.1) is 19.7 Å². The van der Waals surface area contributed by atoms with Crippen LogP contribution in [0.1, 0.15) is 27.9 Å². The van der Waals surface area contributed by atoms with Gasteiger partial charge in [0.1, 0.15) is 17.4 Å². The summed E-state index contributed by atoms with van der Waals surface area (Å²) in [6, 6.07) is 5.13. The van der Waals surface area contributed by atoms with Gasteiger partial charge in [0.05, 0.1) is 24.2 Å². The van der Waals surface area contributed by atoms with Gasteiger partial charge in [-0.1, -0.05) is 0 Å². The van der Waals surface area contributed by atoms with Crippen molar-refractivity contribution in [1.29, 1.82) is 0 Å². The van der Waals surface area contributed by atoms with E-state index >= 15 is 0 Å². The summed E-state index contributed by atoms with van der Waals surface area (Å²) in [5.41, 5.74) is 5.97. The highest BCUT2D eigenvalue weighted by atomic mass is 19.1. The van der Waals surface area contributed by atoms with Crippen LogP contribution < -0.4 is 10.1 Å². The van der Waals surface area contributed by atoms with Crippen LogP contribution in [0.3, 0.4) is 0 Å². The van der Waals surface area contributed by atoms with Gasteiger partial charge in [0.2, 0.25) is 0 Å². The molecule has 154 valence electrons. The second kappa shape index (κ2) is 8.06. The molecule has 0 aliphatic carbocycles. The molecule has 2 aromatic heterocycles. The van der Waals surface area contributed by atoms with Crippen molar-refractivity contribution >= 4 is 18.7 Å². The van der Waals surface area contributed by atoms with Crippen LogP contribution in [0.4, 0.5) is 10.2 Å². The molecule has 0 spiro atoms. The van der Waals surface area contributed by atoms with Crippen molar-refractivity contribution in [3.8, 4) is 17.0 Å². The van der Waals surface area contributed by atoms with E-state index in [2.05, 4.69) is 32.3 Å². The molecule has 0 atom stereocenters. The molecule has 8 heteroatoms. The second-order valence-corrected chi connectivity index (χ2v) is 7.19. The lowest BCUT2D eigenvalue weighted by Gasteiger charge is -2.15. The van der Waals surface area contributed by atoms with Gasteiger partial charge in [0, 0.05) is 60.7 Å². The van der Waals surface area contributed by atoms with Gasteiger partial charge in [-0.15, -0.1) is 0 Å². The van der Waals surface area contributed by atoms with E-state index in [0.717, 1.165) is 39.4 Å². The van der Waals surface area contributed by atoms with Crippen molar-refractivity contribution < 1.29 is 9.13 Å². The molecule has 1 aromatic carbocycles. The number of aromatic nitrogens is 3. The minimum Gasteiger partial charge on any atom is -0.493 e. The van der Waals surface area contributed by atoms with Crippen LogP contribution in [0.5, 0.6) is 5.75 Å². The van der Waals surface area contributed by atoms with Crippen molar-refractivity contribution in [3.05, 3.63) is 58.2 Å². The van der Waals surface area contributed by atoms with Gasteiger partial charge in [0.25, 0.3) is 0 Å². The Balaban J connectivity index is 1.70. The number of nitrogens with one attached hydrogen (secondary N) is 1. The van der Waals surface area contributed by atoms with Crippen LogP contribution >= 0.6 is 0 Å². The Morgan fingerprint density at radius 2 is 2.20 bits per heavy atom. The van der Waals surface area contributed by atoms with Crippen molar-refractivity contribution in [1.82, 2.24) is 14.8 Å². The molecule has 3 heterocycles. The number of halogens is 1.